The molecule has 2 rings (SSSR count). The van der Waals surface area contributed by atoms with Crippen molar-refractivity contribution in [2.75, 3.05) is 32.1 Å². The fourth-order valence-electron chi connectivity index (χ4n) is 2.29. The smallest absolute Gasteiger partial charge is 0.250 e. The number of β-amino-alcohol motifs (C(OH)–C–C–N with tert-alkyl or cyclic N) is 1. The maximum absolute atomic E-state index is 13.9. The Bertz CT molecular complexity index is 481. The van der Waals surface area contributed by atoms with Gasteiger partial charge in [0.15, 0.2) is 0 Å². The number of carbonyl (C=O) groups is 1. The molecule has 0 spiro atoms. The maximum atomic E-state index is 13.9. The van der Waals surface area contributed by atoms with Crippen molar-refractivity contribution in [3.8, 4) is 0 Å². The third kappa shape index (κ3) is 4.00. The second kappa shape index (κ2) is 6.78. The molecule has 1 aromatic carbocycles. The number of amides is 1. The molecular formula is C14H19FN2O3. The van der Waals surface area contributed by atoms with Crippen LogP contribution in [0.5, 0.6) is 0 Å². The molecule has 0 radical (unpaired) electrons. The largest absolute Gasteiger partial charge is 0.392 e. The molecule has 0 aromatic heterocycles. The van der Waals surface area contributed by atoms with Gasteiger partial charge in [-0.1, -0.05) is 6.07 Å². The number of likely N-dealkylation sites (tertiary alicyclic amines) is 1. The van der Waals surface area contributed by atoms with E-state index in [-0.39, 0.29) is 24.3 Å². The van der Waals surface area contributed by atoms with Gasteiger partial charge in [0.2, 0.25) is 5.91 Å². The van der Waals surface area contributed by atoms with E-state index < -0.39 is 5.82 Å². The second-order valence-corrected chi connectivity index (χ2v) is 4.97. The average molecular weight is 282 g/mol. The minimum atomic E-state index is -0.466. The van der Waals surface area contributed by atoms with E-state index in [1.165, 1.54) is 13.2 Å². The molecule has 0 unspecified atom stereocenters. The highest BCUT2D eigenvalue weighted by atomic mass is 19.1. The zero-order valence-corrected chi connectivity index (χ0v) is 11.4. The predicted molar refractivity (Wildman–Crippen MR) is 72.8 cm³/mol. The van der Waals surface area contributed by atoms with Crippen molar-refractivity contribution in [1.82, 2.24) is 4.90 Å². The molecule has 0 bridgehead atoms. The fraction of sp³-hybridized carbons (Fsp3) is 0.500. The zero-order chi connectivity index (χ0) is 14.5. The highest BCUT2D eigenvalue weighted by molar-refractivity contribution is 5.91. The van der Waals surface area contributed by atoms with Crippen LogP contribution in [0.1, 0.15) is 12.0 Å². The van der Waals surface area contributed by atoms with Crippen molar-refractivity contribution in [3.05, 3.63) is 29.6 Å². The number of carbonyl (C=O) groups excluding carboxylic acids is 1. The number of methoxy groups -OCH3 is 1. The van der Waals surface area contributed by atoms with Crippen LogP contribution in [-0.4, -0.2) is 48.8 Å². The molecule has 1 aliphatic rings. The summed E-state index contributed by atoms with van der Waals surface area (Å²) in [6.45, 7) is 1.93. The number of halogens is 1. The monoisotopic (exact) mass is 282 g/mol. The zero-order valence-electron chi connectivity index (χ0n) is 11.4. The minimum absolute atomic E-state index is 0.104. The summed E-state index contributed by atoms with van der Waals surface area (Å²) in [5, 5.41) is 11.9. The topological polar surface area (TPSA) is 61.8 Å². The van der Waals surface area contributed by atoms with E-state index in [0.29, 0.717) is 13.1 Å². The molecule has 2 N–H and O–H groups in total. The number of benzene rings is 1. The Balaban J connectivity index is 1.96. The number of anilines is 1. The third-order valence-electron chi connectivity index (χ3n) is 3.24. The van der Waals surface area contributed by atoms with Crippen molar-refractivity contribution >= 4 is 11.6 Å². The number of hydrogen-bond donors (Lipinski definition) is 2. The summed E-state index contributed by atoms with van der Waals surface area (Å²) < 4.78 is 18.6. The summed E-state index contributed by atoms with van der Waals surface area (Å²) in [6, 6.07) is 4.73. The number of aliphatic hydroxyl groups is 1. The van der Waals surface area contributed by atoms with Crippen molar-refractivity contribution < 1.29 is 19.0 Å². The third-order valence-corrected chi connectivity index (χ3v) is 3.24. The summed E-state index contributed by atoms with van der Waals surface area (Å²) in [6.07, 6.45) is 0.473. The molecule has 5 nitrogen and oxygen atoms in total. The normalized spacial score (nSPS) is 19.2. The molecule has 1 fully saturated rings. The van der Waals surface area contributed by atoms with Crippen LogP contribution in [-0.2, 0) is 16.1 Å². The van der Waals surface area contributed by atoms with Gasteiger partial charge in [-0.2, -0.15) is 0 Å². The van der Waals surface area contributed by atoms with Crippen LogP contribution in [0.25, 0.3) is 0 Å². The number of nitrogens with one attached hydrogen (secondary N) is 1. The van der Waals surface area contributed by atoms with Crippen molar-refractivity contribution in [2.24, 2.45) is 0 Å². The molecule has 1 atom stereocenters. The van der Waals surface area contributed by atoms with Gasteiger partial charge in [-0.05, 0) is 24.1 Å². The summed E-state index contributed by atoms with van der Waals surface area (Å²) in [4.78, 5) is 13.4. The first-order valence-corrected chi connectivity index (χ1v) is 6.56. The van der Waals surface area contributed by atoms with Crippen LogP contribution < -0.4 is 5.32 Å². The first kappa shape index (κ1) is 14.9. The van der Waals surface area contributed by atoms with E-state index in [1.54, 1.807) is 12.1 Å². The molecule has 0 saturated carbocycles. The van der Waals surface area contributed by atoms with Gasteiger partial charge < -0.3 is 15.2 Å². The van der Waals surface area contributed by atoms with E-state index in [4.69, 9.17) is 0 Å². The lowest BCUT2D eigenvalue weighted by Crippen LogP contribution is -2.22. The van der Waals surface area contributed by atoms with E-state index in [2.05, 4.69) is 15.0 Å². The summed E-state index contributed by atoms with van der Waals surface area (Å²) in [5.41, 5.74) is 0.971. The molecule has 1 saturated heterocycles. The van der Waals surface area contributed by atoms with Gasteiger partial charge in [0, 0.05) is 26.7 Å². The Kier molecular flexibility index (Phi) is 5.05. The molecule has 1 heterocycles. The van der Waals surface area contributed by atoms with E-state index in [9.17, 15) is 14.3 Å². The summed E-state index contributed by atoms with van der Waals surface area (Å²) >= 11 is 0. The number of rotatable bonds is 5. The predicted octanol–water partition coefficient (Wildman–Crippen LogP) is 0.977. The van der Waals surface area contributed by atoms with E-state index >= 15 is 0 Å². The molecule has 20 heavy (non-hydrogen) atoms. The Morgan fingerprint density at radius 2 is 2.40 bits per heavy atom. The lowest BCUT2D eigenvalue weighted by molar-refractivity contribution is -0.119. The lowest BCUT2D eigenvalue weighted by Gasteiger charge is -2.15. The van der Waals surface area contributed by atoms with Crippen molar-refractivity contribution in [1.29, 1.82) is 0 Å². The lowest BCUT2D eigenvalue weighted by atomic mass is 10.2. The van der Waals surface area contributed by atoms with Crippen molar-refractivity contribution in [2.45, 2.75) is 19.1 Å². The second-order valence-electron chi connectivity index (χ2n) is 4.97. The Morgan fingerprint density at radius 3 is 3.00 bits per heavy atom. The van der Waals surface area contributed by atoms with Gasteiger partial charge in [0.25, 0.3) is 0 Å². The minimum Gasteiger partial charge on any atom is -0.392 e. The average Bonchev–Trinajstić information content (AvgIpc) is 2.78. The van der Waals surface area contributed by atoms with Crippen LogP contribution >= 0.6 is 0 Å². The standard InChI is InChI=1S/C14H19FN2O3/c1-20-9-14(19)16-13-3-2-10(6-12(13)15)7-17-5-4-11(18)8-17/h2-3,6,11,18H,4-5,7-9H2,1H3,(H,16,19)/t11-/m1/s1. The maximum Gasteiger partial charge on any atom is 0.250 e. The van der Waals surface area contributed by atoms with Crippen LogP contribution in [0.2, 0.25) is 0 Å². The molecule has 110 valence electrons. The molecule has 1 amide bonds. The number of nitrogens with zero attached hydrogens (tertiary/aromatic N) is 1. The molecule has 0 aliphatic carbocycles. The number of hydrogen-bond acceptors (Lipinski definition) is 4. The van der Waals surface area contributed by atoms with Crippen LogP contribution in [0.3, 0.4) is 0 Å². The van der Waals surface area contributed by atoms with Crippen molar-refractivity contribution in [3.63, 3.8) is 0 Å². The van der Waals surface area contributed by atoms with Gasteiger partial charge in [-0.3, -0.25) is 9.69 Å². The molecule has 6 heteroatoms. The van der Waals surface area contributed by atoms with Crippen LogP contribution in [0.15, 0.2) is 18.2 Å². The van der Waals surface area contributed by atoms with E-state index in [1.807, 2.05) is 0 Å². The SMILES string of the molecule is COCC(=O)Nc1ccc(CN2CC[C@@H](O)C2)cc1F. The Morgan fingerprint density at radius 1 is 1.60 bits per heavy atom. The van der Waals surface area contributed by atoms with Gasteiger partial charge >= 0.3 is 0 Å². The van der Waals surface area contributed by atoms with E-state index in [0.717, 1.165) is 18.5 Å². The molecular weight excluding hydrogens is 263 g/mol. The highest BCUT2D eigenvalue weighted by Crippen LogP contribution is 2.19. The van der Waals surface area contributed by atoms with Gasteiger partial charge in [0.05, 0.1) is 11.8 Å². The van der Waals surface area contributed by atoms with Crippen LogP contribution in [0.4, 0.5) is 10.1 Å². The summed E-state index contributed by atoms with van der Waals surface area (Å²) in [5.74, 6) is -0.853. The first-order valence-electron chi connectivity index (χ1n) is 6.56. The number of ether oxygens (including phenoxy) is 1. The van der Waals surface area contributed by atoms with Crippen LogP contribution in [0, 0.1) is 5.82 Å². The van der Waals surface area contributed by atoms with Gasteiger partial charge in [0.1, 0.15) is 12.4 Å². The number of aliphatic hydroxyl groups excluding tert-OH is 1. The summed E-state index contributed by atoms with van der Waals surface area (Å²) in [7, 11) is 1.41. The fourth-order valence-corrected chi connectivity index (χ4v) is 2.29. The quantitative estimate of drug-likeness (QED) is 0.845. The molecule has 1 aromatic rings. The molecule has 1 aliphatic heterocycles. The Hall–Kier alpha value is -1.50. The first-order chi connectivity index (χ1) is 9.58. The van der Waals surface area contributed by atoms with Gasteiger partial charge in [-0.25, -0.2) is 4.39 Å². The Labute approximate surface area is 117 Å². The highest BCUT2D eigenvalue weighted by Gasteiger charge is 2.20. The van der Waals surface area contributed by atoms with Gasteiger partial charge in [-0.15, -0.1) is 0 Å².